The lowest BCUT2D eigenvalue weighted by Gasteiger charge is -2.36. The van der Waals surface area contributed by atoms with Gasteiger partial charge in [-0.3, -0.25) is 15.2 Å². The lowest BCUT2D eigenvalue weighted by molar-refractivity contribution is 0.172. The number of anilines is 1. The number of carbonyl (C=O) groups excluding carboxylic acids is 1. The number of rotatable bonds is 5. The number of carbonyl (C=O) groups is 1. The van der Waals surface area contributed by atoms with Crippen molar-refractivity contribution in [3.05, 3.63) is 65.7 Å². The van der Waals surface area contributed by atoms with Crippen molar-refractivity contribution in [1.29, 1.82) is 0 Å². The summed E-state index contributed by atoms with van der Waals surface area (Å²) in [6.45, 7) is 5.61. The summed E-state index contributed by atoms with van der Waals surface area (Å²) in [6.07, 6.45) is -0.470. The number of hydrogen-bond donors (Lipinski definition) is 2. The number of amides is 1. The Morgan fingerprint density at radius 1 is 1.00 bits per heavy atom. The van der Waals surface area contributed by atoms with Crippen LogP contribution in [-0.2, 0) is 17.8 Å². The maximum Gasteiger partial charge on any atom is 0.411 e. The molecular weight excluding hydrogens is 366 g/mol. The Bertz CT molecular complexity index is 800. The number of benzene rings is 2. The highest BCUT2D eigenvalue weighted by atomic mass is 16.5. The van der Waals surface area contributed by atoms with Gasteiger partial charge in [0.2, 0.25) is 0 Å². The summed E-state index contributed by atoms with van der Waals surface area (Å²) in [6, 6.07) is 18.3. The van der Waals surface area contributed by atoms with Gasteiger partial charge in [0.05, 0.1) is 7.11 Å². The van der Waals surface area contributed by atoms with E-state index in [0.717, 1.165) is 44.2 Å². The van der Waals surface area contributed by atoms with E-state index in [0.29, 0.717) is 12.2 Å². The maximum absolute atomic E-state index is 11.3. The third kappa shape index (κ3) is 6.22. The fourth-order valence-corrected chi connectivity index (χ4v) is 3.35. The predicted molar refractivity (Wildman–Crippen MR) is 116 cm³/mol. The Hall–Kier alpha value is -3.06. The van der Waals surface area contributed by atoms with Crippen molar-refractivity contribution in [2.75, 3.05) is 45.7 Å². The fourth-order valence-electron chi connectivity index (χ4n) is 3.35. The van der Waals surface area contributed by atoms with Crippen molar-refractivity contribution in [3.8, 4) is 0 Å². The summed E-state index contributed by atoms with van der Waals surface area (Å²) in [7, 11) is 3.17. The van der Waals surface area contributed by atoms with Gasteiger partial charge in [-0.1, -0.05) is 42.5 Å². The van der Waals surface area contributed by atoms with Crippen LogP contribution in [0.15, 0.2) is 59.6 Å². The lowest BCUT2D eigenvalue weighted by atomic mass is 10.2. The van der Waals surface area contributed by atoms with Crippen LogP contribution in [0.5, 0.6) is 0 Å². The standard InChI is InChI=1S/C22H29N5O2/c1-23-21(24-16-18-8-10-20(11-9-18)25-22(28)29-2)27-14-12-26(13-15-27)17-19-6-4-3-5-7-19/h3-11H,12-17H2,1-2H3,(H,23,24)(H,25,28). The van der Waals surface area contributed by atoms with E-state index in [-0.39, 0.29) is 0 Å². The molecule has 3 rings (SSSR count). The van der Waals surface area contributed by atoms with E-state index in [9.17, 15) is 4.79 Å². The lowest BCUT2D eigenvalue weighted by Crippen LogP contribution is -2.52. The molecule has 1 aliphatic heterocycles. The first-order chi connectivity index (χ1) is 14.2. The van der Waals surface area contributed by atoms with Gasteiger partial charge in [-0.05, 0) is 23.3 Å². The number of piperazine rings is 1. The highest BCUT2D eigenvalue weighted by molar-refractivity contribution is 5.84. The largest absolute Gasteiger partial charge is 0.453 e. The first-order valence-corrected chi connectivity index (χ1v) is 9.83. The average Bonchev–Trinajstić information content (AvgIpc) is 2.77. The molecule has 0 saturated carbocycles. The molecule has 1 aliphatic rings. The van der Waals surface area contributed by atoms with Gasteiger partial charge in [0.1, 0.15) is 0 Å². The number of guanidine groups is 1. The second-order valence-corrected chi connectivity index (χ2v) is 6.96. The second kappa shape index (κ2) is 10.5. The summed E-state index contributed by atoms with van der Waals surface area (Å²) in [5, 5.41) is 6.09. The SMILES string of the molecule is CN=C(NCc1ccc(NC(=O)OC)cc1)N1CCN(Cc2ccccc2)CC1. The Morgan fingerprint density at radius 2 is 1.69 bits per heavy atom. The normalized spacial score (nSPS) is 15.1. The Kier molecular flexibility index (Phi) is 7.47. The molecule has 1 saturated heterocycles. The van der Waals surface area contributed by atoms with Crippen LogP contribution in [0.25, 0.3) is 0 Å². The molecule has 0 aliphatic carbocycles. The van der Waals surface area contributed by atoms with Crippen molar-refractivity contribution >= 4 is 17.7 Å². The van der Waals surface area contributed by atoms with Crippen molar-refractivity contribution in [2.45, 2.75) is 13.1 Å². The summed E-state index contributed by atoms with van der Waals surface area (Å²) < 4.78 is 4.60. The van der Waals surface area contributed by atoms with Crippen LogP contribution in [0.4, 0.5) is 10.5 Å². The van der Waals surface area contributed by atoms with E-state index >= 15 is 0 Å². The topological polar surface area (TPSA) is 69.2 Å². The molecule has 7 nitrogen and oxygen atoms in total. The molecule has 2 N–H and O–H groups in total. The van der Waals surface area contributed by atoms with Crippen LogP contribution in [0.2, 0.25) is 0 Å². The van der Waals surface area contributed by atoms with E-state index in [4.69, 9.17) is 0 Å². The first-order valence-electron chi connectivity index (χ1n) is 9.83. The Morgan fingerprint density at radius 3 is 2.31 bits per heavy atom. The van der Waals surface area contributed by atoms with Gasteiger partial charge >= 0.3 is 6.09 Å². The zero-order chi connectivity index (χ0) is 20.5. The fraction of sp³-hybridized carbons (Fsp3) is 0.364. The highest BCUT2D eigenvalue weighted by Crippen LogP contribution is 2.11. The molecule has 29 heavy (non-hydrogen) atoms. The molecule has 0 aromatic heterocycles. The van der Waals surface area contributed by atoms with Crippen LogP contribution < -0.4 is 10.6 Å². The smallest absolute Gasteiger partial charge is 0.411 e. The number of methoxy groups -OCH3 is 1. The number of nitrogens with one attached hydrogen (secondary N) is 2. The van der Waals surface area contributed by atoms with Crippen molar-refractivity contribution in [2.24, 2.45) is 4.99 Å². The zero-order valence-electron chi connectivity index (χ0n) is 17.1. The van der Waals surface area contributed by atoms with E-state index in [1.54, 1.807) is 0 Å². The number of nitrogens with zero attached hydrogens (tertiary/aromatic N) is 3. The minimum absolute atomic E-state index is 0.470. The monoisotopic (exact) mass is 395 g/mol. The Balaban J connectivity index is 1.45. The van der Waals surface area contributed by atoms with Gasteiger partial charge in [0, 0.05) is 52.0 Å². The van der Waals surface area contributed by atoms with Gasteiger partial charge in [-0.25, -0.2) is 4.79 Å². The van der Waals surface area contributed by atoms with Gasteiger partial charge in [0.25, 0.3) is 0 Å². The van der Waals surface area contributed by atoms with E-state index in [1.807, 2.05) is 31.3 Å². The molecule has 154 valence electrons. The molecule has 1 fully saturated rings. The molecule has 0 spiro atoms. The minimum Gasteiger partial charge on any atom is -0.453 e. The zero-order valence-corrected chi connectivity index (χ0v) is 17.1. The molecular formula is C22H29N5O2. The third-order valence-corrected chi connectivity index (χ3v) is 4.97. The van der Waals surface area contributed by atoms with Crippen LogP contribution in [-0.4, -0.2) is 62.2 Å². The van der Waals surface area contributed by atoms with Crippen molar-refractivity contribution < 1.29 is 9.53 Å². The molecule has 1 amide bonds. The summed E-state index contributed by atoms with van der Waals surface area (Å²) in [5.74, 6) is 0.918. The van der Waals surface area contributed by atoms with Gasteiger partial charge < -0.3 is 15.0 Å². The predicted octanol–water partition coefficient (Wildman–Crippen LogP) is 2.76. The molecule has 0 bridgehead atoms. The Labute approximate surface area is 172 Å². The van der Waals surface area contributed by atoms with Crippen LogP contribution >= 0.6 is 0 Å². The first kappa shape index (κ1) is 20.7. The quantitative estimate of drug-likeness (QED) is 0.602. The van der Waals surface area contributed by atoms with Crippen LogP contribution in [0.1, 0.15) is 11.1 Å². The van der Waals surface area contributed by atoms with Crippen LogP contribution in [0, 0.1) is 0 Å². The summed E-state index contributed by atoms with van der Waals surface area (Å²) in [5.41, 5.74) is 3.18. The molecule has 2 aromatic carbocycles. The number of aliphatic imine (C=N–C) groups is 1. The van der Waals surface area contributed by atoms with Gasteiger partial charge in [-0.2, -0.15) is 0 Å². The van der Waals surface area contributed by atoms with Crippen molar-refractivity contribution in [3.63, 3.8) is 0 Å². The van der Waals surface area contributed by atoms with E-state index in [1.165, 1.54) is 12.7 Å². The van der Waals surface area contributed by atoms with Gasteiger partial charge in [0.15, 0.2) is 5.96 Å². The molecule has 7 heteroatoms. The summed E-state index contributed by atoms with van der Waals surface area (Å²) >= 11 is 0. The highest BCUT2D eigenvalue weighted by Gasteiger charge is 2.19. The van der Waals surface area contributed by atoms with Crippen molar-refractivity contribution in [1.82, 2.24) is 15.1 Å². The molecule has 2 aromatic rings. The molecule has 0 atom stereocenters. The number of hydrogen-bond acceptors (Lipinski definition) is 4. The average molecular weight is 396 g/mol. The summed E-state index contributed by atoms with van der Waals surface area (Å²) in [4.78, 5) is 20.5. The number of ether oxygens (including phenoxy) is 1. The third-order valence-electron chi connectivity index (χ3n) is 4.97. The second-order valence-electron chi connectivity index (χ2n) is 6.96. The maximum atomic E-state index is 11.3. The van der Waals surface area contributed by atoms with E-state index in [2.05, 4.69) is 60.5 Å². The van der Waals surface area contributed by atoms with Gasteiger partial charge in [-0.15, -0.1) is 0 Å². The molecule has 0 unspecified atom stereocenters. The van der Waals surface area contributed by atoms with Crippen LogP contribution in [0.3, 0.4) is 0 Å². The minimum atomic E-state index is -0.470. The molecule has 0 radical (unpaired) electrons. The van der Waals surface area contributed by atoms with E-state index < -0.39 is 6.09 Å². The molecule has 1 heterocycles.